The normalized spacial score (nSPS) is 10.3. The van der Waals surface area contributed by atoms with Crippen LogP contribution in [0, 0.1) is 13.8 Å². The van der Waals surface area contributed by atoms with E-state index in [0.717, 1.165) is 11.3 Å². The first-order chi connectivity index (χ1) is 14.8. The van der Waals surface area contributed by atoms with Gasteiger partial charge in [-0.15, -0.1) is 0 Å². The zero-order chi connectivity index (χ0) is 22.5. The number of aromatic nitrogens is 2. The van der Waals surface area contributed by atoms with E-state index in [2.05, 4.69) is 20.6 Å². The van der Waals surface area contributed by atoms with Gasteiger partial charge in [-0.25, -0.2) is 19.6 Å². The van der Waals surface area contributed by atoms with E-state index in [1.165, 1.54) is 44.3 Å². The number of aryl methyl sites for hydroxylation is 2. The number of methoxy groups -OCH3 is 2. The maximum Gasteiger partial charge on any atom is 0.337 e. The molecule has 0 unspecified atom stereocenters. The van der Waals surface area contributed by atoms with Gasteiger partial charge in [0, 0.05) is 11.4 Å². The Morgan fingerprint density at radius 1 is 0.806 bits per heavy atom. The van der Waals surface area contributed by atoms with Gasteiger partial charge in [-0.3, -0.25) is 0 Å². The Hall–Kier alpha value is -4.14. The first-order valence-corrected chi connectivity index (χ1v) is 9.36. The van der Waals surface area contributed by atoms with Crippen LogP contribution < -0.4 is 16.4 Å². The van der Waals surface area contributed by atoms with Crippen molar-refractivity contribution in [3.05, 3.63) is 65.0 Å². The number of carbonyl (C=O) groups is 2. The summed E-state index contributed by atoms with van der Waals surface area (Å²) in [6.07, 6.45) is 1.35. The van der Waals surface area contributed by atoms with Gasteiger partial charge in [0.05, 0.1) is 25.3 Å². The first-order valence-electron chi connectivity index (χ1n) is 9.36. The van der Waals surface area contributed by atoms with Crippen LogP contribution in [0.5, 0.6) is 0 Å². The van der Waals surface area contributed by atoms with E-state index in [9.17, 15) is 9.59 Å². The second-order valence-electron chi connectivity index (χ2n) is 6.82. The number of nitrogen functional groups attached to an aromatic ring is 1. The van der Waals surface area contributed by atoms with E-state index >= 15 is 0 Å². The standard InChI is InChI=1S/C22H23N5O4/c1-12-5-6-16(7-13(12)2)26-19-18(23)20(25-11-24-19)27-17-9-14(21(28)30-3)8-15(10-17)22(29)31-4/h5-11H,23H2,1-4H3,(H2,24,25,26,27). The lowest BCUT2D eigenvalue weighted by Gasteiger charge is -2.14. The van der Waals surface area contributed by atoms with Gasteiger partial charge in [0.25, 0.3) is 0 Å². The van der Waals surface area contributed by atoms with Crippen LogP contribution in [0.1, 0.15) is 31.8 Å². The lowest BCUT2D eigenvalue weighted by molar-refractivity contribution is 0.0599. The van der Waals surface area contributed by atoms with Crippen LogP contribution in [-0.4, -0.2) is 36.1 Å². The smallest absolute Gasteiger partial charge is 0.337 e. The summed E-state index contributed by atoms with van der Waals surface area (Å²) in [7, 11) is 2.51. The minimum Gasteiger partial charge on any atom is -0.465 e. The third-order valence-corrected chi connectivity index (χ3v) is 4.69. The maximum absolute atomic E-state index is 12.0. The predicted octanol–water partition coefficient (Wildman–Crippen LogP) is 3.74. The summed E-state index contributed by atoms with van der Waals surface area (Å²) in [4.78, 5) is 32.4. The van der Waals surface area contributed by atoms with Crippen LogP contribution in [0.2, 0.25) is 0 Å². The number of carbonyl (C=O) groups excluding carboxylic acids is 2. The second kappa shape index (κ2) is 9.12. The number of nitrogens with zero attached hydrogens (tertiary/aromatic N) is 2. The van der Waals surface area contributed by atoms with Crippen molar-refractivity contribution >= 4 is 40.6 Å². The maximum atomic E-state index is 12.0. The van der Waals surface area contributed by atoms with Crippen molar-refractivity contribution in [2.75, 3.05) is 30.6 Å². The highest BCUT2D eigenvalue weighted by atomic mass is 16.5. The average Bonchev–Trinajstić information content (AvgIpc) is 2.77. The molecule has 3 rings (SSSR count). The van der Waals surface area contributed by atoms with E-state index in [0.29, 0.717) is 17.3 Å². The van der Waals surface area contributed by atoms with Crippen molar-refractivity contribution in [3.63, 3.8) is 0 Å². The van der Waals surface area contributed by atoms with Gasteiger partial charge < -0.3 is 25.8 Å². The van der Waals surface area contributed by atoms with Crippen LogP contribution in [0.25, 0.3) is 0 Å². The van der Waals surface area contributed by atoms with Crippen molar-refractivity contribution in [2.45, 2.75) is 13.8 Å². The largest absolute Gasteiger partial charge is 0.465 e. The van der Waals surface area contributed by atoms with Gasteiger partial charge in [0.1, 0.15) is 12.0 Å². The Bertz CT molecular complexity index is 1110. The van der Waals surface area contributed by atoms with Crippen LogP contribution in [0.3, 0.4) is 0 Å². The average molecular weight is 421 g/mol. The molecule has 0 bridgehead atoms. The molecule has 1 heterocycles. The van der Waals surface area contributed by atoms with Crippen molar-refractivity contribution in [2.24, 2.45) is 0 Å². The number of hydrogen-bond acceptors (Lipinski definition) is 9. The van der Waals surface area contributed by atoms with Crippen molar-refractivity contribution in [3.8, 4) is 0 Å². The highest BCUT2D eigenvalue weighted by Gasteiger charge is 2.16. The number of hydrogen-bond donors (Lipinski definition) is 3. The molecular weight excluding hydrogens is 398 g/mol. The fourth-order valence-corrected chi connectivity index (χ4v) is 2.86. The minimum absolute atomic E-state index is 0.175. The molecule has 0 aliphatic heterocycles. The predicted molar refractivity (Wildman–Crippen MR) is 118 cm³/mol. The van der Waals surface area contributed by atoms with Gasteiger partial charge in [-0.05, 0) is 55.3 Å². The number of nitrogens with two attached hydrogens (primary N) is 1. The highest BCUT2D eigenvalue weighted by Crippen LogP contribution is 2.29. The molecule has 0 aliphatic rings. The van der Waals surface area contributed by atoms with Gasteiger partial charge >= 0.3 is 11.9 Å². The fraction of sp³-hybridized carbons (Fsp3) is 0.182. The number of anilines is 5. The van der Waals surface area contributed by atoms with Crippen LogP contribution in [-0.2, 0) is 9.47 Å². The van der Waals surface area contributed by atoms with E-state index in [4.69, 9.17) is 15.2 Å². The lowest BCUT2D eigenvalue weighted by atomic mass is 10.1. The summed E-state index contributed by atoms with van der Waals surface area (Å²) in [5.41, 5.74) is 10.4. The van der Waals surface area contributed by atoms with Crippen LogP contribution in [0.15, 0.2) is 42.7 Å². The Labute approximate surface area is 179 Å². The summed E-state index contributed by atoms with van der Waals surface area (Å²) in [6, 6.07) is 10.4. The molecule has 9 heteroatoms. The Kier molecular flexibility index (Phi) is 6.35. The zero-order valence-electron chi connectivity index (χ0n) is 17.6. The number of benzene rings is 2. The molecule has 0 amide bonds. The molecule has 0 saturated heterocycles. The molecule has 0 radical (unpaired) electrons. The molecule has 4 N–H and O–H groups in total. The third kappa shape index (κ3) is 4.89. The zero-order valence-corrected chi connectivity index (χ0v) is 17.6. The van der Waals surface area contributed by atoms with Crippen molar-refractivity contribution in [1.29, 1.82) is 0 Å². The van der Waals surface area contributed by atoms with Crippen LogP contribution >= 0.6 is 0 Å². The second-order valence-corrected chi connectivity index (χ2v) is 6.82. The van der Waals surface area contributed by atoms with E-state index < -0.39 is 11.9 Å². The molecule has 0 saturated carbocycles. The molecule has 0 spiro atoms. The Morgan fingerprint density at radius 2 is 1.35 bits per heavy atom. The number of ether oxygens (including phenoxy) is 2. The molecule has 0 atom stereocenters. The molecule has 2 aromatic carbocycles. The van der Waals surface area contributed by atoms with Gasteiger partial charge in [-0.1, -0.05) is 6.07 Å². The summed E-state index contributed by atoms with van der Waals surface area (Å²) in [5.74, 6) is -0.472. The molecular formula is C22H23N5O4. The van der Waals surface area contributed by atoms with Crippen molar-refractivity contribution in [1.82, 2.24) is 9.97 Å². The molecule has 1 aromatic heterocycles. The molecule has 9 nitrogen and oxygen atoms in total. The molecule has 31 heavy (non-hydrogen) atoms. The SMILES string of the molecule is COC(=O)c1cc(Nc2ncnc(Nc3ccc(C)c(C)c3)c2N)cc(C(=O)OC)c1. The fourth-order valence-electron chi connectivity index (χ4n) is 2.86. The summed E-state index contributed by atoms with van der Waals surface area (Å²) in [6.45, 7) is 4.05. The van der Waals surface area contributed by atoms with Gasteiger partial charge in [0.2, 0.25) is 0 Å². The lowest BCUT2D eigenvalue weighted by Crippen LogP contribution is -2.09. The monoisotopic (exact) mass is 421 g/mol. The number of esters is 2. The first kappa shape index (κ1) is 21.6. The third-order valence-electron chi connectivity index (χ3n) is 4.69. The molecule has 0 fully saturated rings. The molecule has 0 aliphatic carbocycles. The molecule has 160 valence electrons. The number of rotatable bonds is 6. The van der Waals surface area contributed by atoms with E-state index in [1.54, 1.807) is 0 Å². The van der Waals surface area contributed by atoms with E-state index in [1.807, 2.05) is 32.0 Å². The highest BCUT2D eigenvalue weighted by molar-refractivity contribution is 5.97. The Balaban J connectivity index is 1.93. The summed E-state index contributed by atoms with van der Waals surface area (Å²) in [5, 5.41) is 6.21. The summed E-state index contributed by atoms with van der Waals surface area (Å²) < 4.78 is 9.52. The number of nitrogens with one attached hydrogen (secondary N) is 2. The molecule has 3 aromatic rings. The van der Waals surface area contributed by atoms with Gasteiger partial charge in [-0.2, -0.15) is 0 Å². The topological polar surface area (TPSA) is 128 Å². The summed E-state index contributed by atoms with van der Waals surface area (Å²) >= 11 is 0. The quantitative estimate of drug-likeness (QED) is 0.510. The Morgan fingerprint density at radius 3 is 1.87 bits per heavy atom. The van der Waals surface area contributed by atoms with Crippen molar-refractivity contribution < 1.29 is 19.1 Å². The minimum atomic E-state index is -0.596. The van der Waals surface area contributed by atoms with E-state index in [-0.39, 0.29) is 16.8 Å². The van der Waals surface area contributed by atoms with Crippen LogP contribution in [0.4, 0.5) is 28.7 Å². The van der Waals surface area contributed by atoms with Gasteiger partial charge in [0.15, 0.2) is 11.6 Å².